The van der Waals surface area contributed by atoms with Gasteiger partial charge in [-0.1, -0.05) is 31.2 Å². The predicted octanol–water partition coefficient (Wildman–Crippen LogP) is 2.77. The number of benzene rings is 2. The third-order valence-electron chi connectivity index (χ3n) is 3.20. The zero-order valence-corrected chi connectivity index (χ0v) is 13.1. The van der Waals surface area contributed by atoms with E-state index >= 15 is 0 Å². The molecule has 0 fully saturated rings. The van der Waals surface area contributed by atoms with Crippen LogP contribution in [0.15, 0.2) is 53.4 Å². The van der Waals surface area contributed by atoms with Crippen LogP contribution >= 0.6 is 0 Å². The van der Waals surface area contributed by atoms with Crippen LogP contribution in [0.4, 0.5) is 5.69 Å². The highest BCUT2D eigenvalue weighted by atomic mass is 32.2. The smallest absolute Gasteiger partial charge is 0.261 e. The molecule has 0 aromatic heterocycles. The summed E-state index contributed by atoms with van der Waals surface area (Å²) in [7, 11) is -1.69. The highest BCUT2D eigenvalue weighted by Crippen LogP contribution is 2.18. The summed E-state index contributed by atoms with van der Waals surface area (Å²) >= 11 is 0. The van der Waals surface area contributed by atoms with Crippen LogP contribution in [0.25, 0.3) is 0 Å². The van der Waals surface area contributed by atoms with E-state index in [0.717, 1.165) is 17.5 Å². The van der Waals surface area contributed by atoms with Crippen molar-refractivity contribution in [3.05, 3.63) is 59.7 Å². The Hall–Kier alpha value is -1.85. The SMILES string of the molecule is CCc1cccc(NS(=O)(=O)c2ccc(CNC)cc2)c1. The van der Waals surface area contributed by atoms with Gasteiger partial charge in [0.25, 0.3) is 10.0 Å². The summed E-state index contributed by atoms with van der Waals surface area (Å²) in [6.07, 6.45) is 0.869. The molecule has 21 heavy (non-hydrogen) atoms. The van der Waals surface area contributed by atoms with Crippen LogP contribution in [0.2, 0.25) is 0 Å². The van der Waals surface area contributed by atoms with E-state index in [-0.39, 0.29) is 4.90 Å². The van der Waals surface area contributed by atoms with Crippen molar-refractivity contribution in [1.82, 2.24) is 5.32 Å². The molecule has 0 amide bonds. The van der Waals surface area contributed by atoms with E-state index in [1.165, 1.54) is 0 Å². The topological polar surface area (TPSA) is 58.2 Å². The van der Waals surface area contributed by atoms with Crippen molar-refractivity contribution in [1.29, 1.82) is 0 Å². The molecule has 2 aromatic rings. The summed E-state index contributed by atoms with van der Waals surface area (Å²) in [5, 5.41) is 3.03. The second kappa shape index (κ2) is 6.74. The number of nitrogens with one attached hydrogen (secondary N) is 2. The lowest BCUT2D eigenvalue weighted by atomic mass is 10.1. The van der Waals surface area contributed by atoms with E-state index in [1.807, 2.05) is 44.3 Å². The fourth-order valence-corrected chi connectivity index (χ4v) is 3.11. The molecule has 4 nitrogen and oxygen atoms in total. The van der Waals surface area contributed by atoms with E-state index < -0.39 is 10.0 Å². The van der Waals surface area contributed by atoms with Crippen molar-refractivity contribution in [2.75, 3.05) is 11.8 Å². The quantitative estimate of drug-likeness (QED) is 0.863. The summed E-state index contributed by atoms with van der Waals surface area (Å²) in [4.78, 5) is 0.268. The molecule has 2 rings (SSSR count). The van der Waals surface area contributed by atoms with Gasteiger partial charge in [-0.3, -0.25) is 4.72 Å². The Kier molecular flexibility index (Phi) is 4.98. The van der Waals surface area contributed by atoms with E-state index in [4.69, 9.17) is 0 Å². The highest BCUT2D eigenvalue weighted by molar-refractivity contribution is 7.92. The monoisotopic (exact) mass is 304 g/mol. The fraction of sp³-hybridized carbons (Fsp3) is 0.250. The van der Waals surface area contributed by atoms with Crippen molar-refractivity contribution in [3.63, 3.8) is 0 Å². The fourth-order valence-electron chi connectivity index (χ4n) is 2.06. The summed E-state index contributed by atoms with van der Waals surface area (Å²) in [6, 6.07) is 14.3. The van der Waals surface area contributed by atoms with Crippen molar-refractivity contribution in [3.8, 4) is 0 Å². The largest absolute Gasteiger partial charge is 0.316 e. The van der Waals surface area contributed by atoms with Gasteiger partial charge < -0.3 is 5.32 Å². The molecule has 0 aliphatic heterocycles. The molecule has 2 N–H and O–H groups in total. The maximum atomic E-state index is 12.3. The molecule has 5 heteroatoms. The molecule has 0 saturated carbocycles. The number of anilines is 1. The Morgan fingerprint density at radius 3 is 2.33 bits per heavy atom. The molecule has 0 spiro atoms. The van der Waals surface area contributed by atoms with Crippen molar-refractivity contribution in [2.45, 2.75) is 24.8 Å². The molecule has 0 radical (unpaired) electrons. The minimum Gasteiger partial charge on any atom is -0.316 e. The average Bonchev–Trinajstić information content (AvgIpc) is 2.48. The molecule has 0 aliphatic rings. The van der Waals surface area contributed by atoms with Gasteiger partial charge in [0.2, 0.25) is 0 Å². The van der Waals surface area contributed by atoms with Gasteiger partial charge in [0.15, 0.2) is 0 Å². The summed E-state index contributed by atoms with van der Waals surface area (Å²) in [5.41, 5.74) is 2.73. The Balaban J connectivity index is 2.21. The van der Waals surface area contributed by atoms with Gasteiger partial charge in [0, 0.05) is 12.2 Å². The number of aryl methyl sites for hydroxylation is 1. The second-order valence-electron chi connectivity index (χ2n) is 4.83. The van der Waals surface area contributed by atoms with Gasteiger partial charge in [-0.2, -0.15) is 0 Å². The molecule has 0 atom stereocenters. The van der Waals surface area contributed by atoms with Crippen LogP contribution in [-0.2, 0) is 23.0 Å². The van der Waals surface area contributed by atoms with Crippen LogP contribution in [-0.4, -0.2) is 15.5 Å². The highest BCUT2D eigenvalue weighted by Gasteiger charge is 2.14. The van der Waals surface area contributed by atoms with E-state index in [1.54, 1.807) is 18.2 Å². The van der Waals surface area contributed by atoms with Crippen LogP contribution < -0.4 is 10.0 Å². The predicted molar refractivity (Wildman–Crippen MR) is 85.8 cm³/mol. The number of hydrogen-bond donors (Lipinski definition) is 2. The Bertz CT molecular complexity index is 694. The number of sulfonamides is 1. The van der Waals surface area contributed by atoms with Gasteiger partial charge >= 0.3 is 0 Å². The maximum absolute atomic E-state index is 12.3. The van der Waals surface area contributed by atoms with Gasteiger partial charge in [0.1, 0.15) is 0 Å². The van der Waals surface area contributed by atoms with Crippen LogP contribution in [0.5, 0.6) is 0 Å². The molecule has 0 saturated heterocycles. The van der Waals surface area contributed by atoms with Crippen molar-refractivity contribution < 1.29 is 8.42 Å². The number of hydrogen-bond acceptors (Lipinski definition) is 3. The van der Waals surface area contributed by atoms with Crippen molar-refractivity contribution in [2.24, 2.45) is 0 Å². The standard InChI is InChI=1S/C16H20N2O2S/c1-3-13-5-4-6-15(11-13)18-21(19,20)16-9-7-14(8-10-16)12-17-2/h4-11,17-18H,3,12H2,1-2H3. The first-order valence-electron chi connectivity index (χ1n) is 6.90. The first-order chi connectivity index (χ1) is 10.0. The molecule has 0 unspecified atom stereocenters. The van der Waals surface area contributed by atoms with E-state index in [0.29, 0.717) is 12.2 Å². The van der Waals surface area contributed by atoms with Crippen molar-refractivity contribution >= 4 is 15.7 Å². The lowest BCUT2D eigenvalue weighted by Crippen LogP contribution is -2.13. The normalized spacial score (nSPS) is 11.3. The molecular weight excluding hydrogens is 284 g/mol. The lowest BCUT2D eigenvalue weighted by molar-refractivity contribution is 0.601. The summed E-state index contributed by atoms with van der Waals surface area (Å²) in [6.45, 7) is 2.75. The third kappa shape index (κ3) is 4.06. The second-order valence-corrected chi connectivity index (χ2v) is 6.52. The molecule has 0 aliphatic carbocycles. The van der Waals surface area contributed by atoms with Gasteiger partial charge in [0.05, 0.1) is 4.90 Å². The molecule has 112 valence electrons. The van der Waals surface area contributed by atoms with Gasteiger partial charge in [-0.25, -0.2) is 8.42 Å². The summed E-state index contributed by atoms with van der Waals surface area (Å²) in [5.74, 6) is 0. The zero-order valence-electron chi connectivity index (χ0n) is 12.3. The molecule has 0 heterocycles. The van der Waals surface area contributed by atoms with Crippen LogP contribution in [0.1, 0.15) is 18.1 Å². The van der Waals surface area contributed by atoms with Gasteiger partial charge in [-0.05, 0) is 48.9 Å². The van der Waals surface area contributed by atoms with Gasteiger partial charge in [-0.15, -0.1) is 0 Å². The zero-order chi connectivity index (χ0) is 15.3. The first kappa shape index (κ1) is 15.5. The molecular formula is C16H20N2O2S. The Morgan fingerprint density at radius 1 is 1.00 bits per heavy atom. The first-order valence-corrected chi connectivity index (χ1v) is 8.39. The van der Waals surface area contributed by atoms with Crippen LogP contribution in [0.3, 0.4) is 0 Å². The number of rotatable bonds is 6. The third-order valence-corrected chi connectivity index (χ3v) is 4.60. The maximum Gasteiger partial charge on any atom is 0.261 e. The Labute approximate surface area is 126 Å². The molecule has 2 aromatic carbocycles. The lowest BCUT2D eigenvalue weighted by Gasteiger charge is -2.10. The Morgan fingerprint density at radius 2 is 1.71 bits per heavy atom. The van der Waals surface area contributed by atoms with E-state index in [9.17, 15) is 8.42 Å². The average molecular weight is 304 g/mol. The minimum absolute atomic E-state index is 0.268. The van der Waals surface area contributed by atoms with E-state index in [2.05, 4.69) is 10.0 Å². The van der Waals surface area contributed by atoms with Crippen LogP contribution in [0, 0.1) is 0 Å². The minimum atomic E-state index is -3.54. The summed E-state index contributed by atoms with van der Waals surface area (Å²) < 4.78 is 27.3. The molecule has 0 bridgehead atoms.